The first-order valence-electron chi connectivity index (χ1n) is 5.69. The molecule has 1 nitrogen and oxygen atoms in total. The van der Waals surface area contributed by atoms with Crippen LogP contribution in [0, 0.1) is 23.2 Å². The van der Waals surface area contributed by atoms with Crippen LogP contribution in [0.25, 0.3) is 0 Å². The second-order valence-electron chi connectivity index (χ2n) is 4.43. The summed E-state index contributed by atoms with van der Waals surface area (Å²) in [4.78, 5) is 0. The van der Waals surface area contributed by atoms with Crippen molar-refractivity contribution in [2.45, 2.75) is 20.0 Å². The molecule has 0 saturated carbocycles. The van der Waals surface area contributed by atoms with Crippen molar-refractivity contribution in [1.29, 1.82) is 0 Å². The molecule has 0 heterocycles. The van der Waals surface area contributed by atoms with Gasteiger partial charge in [0.25, 0.3) is 0 Å². The van der Waals surface area contributed by atoms with Crippen molar-refractivity contribution in [2.24, 2.45) is 0 Å². The Balaban J connectivity index is 2.49. The molecule has 94 valence electrons. The summed E-state index contributed by atoms with van der Waals surface area (Å²) in [5.41, 5.74) is 2.72. The number of hydrogen-bond acceptors (Lipinski definition) is 1. The molecule has 0 spiro atoms. The molecule has 0 radical (unpaired) electrons. The topological polar surface area (TPSA) is 20.2 Å². The Kier molecular flexibility index (Phi) is 4.02. The van der Waals surface area contributed by atoms with Crippen molar-refractivity contribution in [3.05, 3.63) is 68.0 Å². The van der Waals surface area contributed by atoms with E-state index in [1.807, 2.05) is 44.2 Å². The lowest BCUT2D eigenvalue weighted by atomic mass is 9.95. The summed E-state index contributed by atoms with van der Waals surface area (Å²) in [6.07, 6.45) is -0.916. The van der Waals surface area contributed by atoms with Crippen LogP contribution >= 0.6 is 22.6 Å². The quantitative estimate of drug-likeness (QED) is 0.803. The fraction of sp³-hybridized carbons (Fsp3) is 0.200. The fourth-order valence-electron chi connectivity index (χ4n) is 2.12. The third kappa shape index (κ3) is 2.72. The van der Waals surface area contributed by atoms with Gasteiger partial charge in [-0.1, -0.05) is 18.2 Å². The molecule has 1 unspecified atom stereocenters. The number of aliphatic hydroxyl groups excluding tert-OH is 1. The minimum atomic E-state index is -0.916. The van der Waals surface area contributed by atoms with Crippen LogP contribution in [-0.2, 0) is 0 Å². The standard InChI is InChI=1S/C15H14FIO/c1-9-6-10(2)14(13(16)7-9)15(18)11-4-3-5-12(17)8-11/h3-8,15,18H,1-2H3. The van der Waals surface area contributed by atoms with Gasteiger partial charge in [-0.3, -0.25) is 0 Å². The fourth-order valence-corrected chi connectivity index (χ4v) is 2.68. The maximum absolute atomic E-state index is 14.0. The molecule has 2 aromatic carbocycles. The van der Waals surface area contributed by atoms with Gasteiger partial charge in [0, 0.05) is 9.13 Å². The zero-order valence-electron chi connectivity index (χ0n) is 10.2. The van der Waals surface area contributed by atoms with Crippen molar-refractivity contribution >= 4 is 22.6 Å². The van der Waals surface area contributed by atoms with Gasteiger partial charge in [0.15, 0.2) is 0 Å². The molecule has 1 atom stereocenters. The van der Waals surface area contributed by atoms with E-state index in [9.17, 15) is 9.50 Å². The van der Waals surface area contributed by atoms with Crippen LogP contribution in [0.2, 0.25) is 0 Å². The lowest BCUT2D eigenvalue weighted by Gasteiger charge is -2.16. The van der Waals surface area contributed by atoms with Crippen molar-refractivity contribution in [2.75, 3.05) is 0 Å². The highest BCUT2D eigenvalue weighted by molar-refractivity contribution is 14.1. The van der Waals surface area contributed by atoms with E-state index in [1.165, 1.54) is 6.07 Å². The number of aryl methyl sites for hydroxylation is 2. The SMILES string of the molecule is Cc1cc(C)c(C(O)c2cccc(I)c2)c(F)c1. The van der Waals surface area contributed by atoms with Gasteiger partial charge in [0.2, 0.25) is 0 Å². The summed E-state index contributed by atoms with van der Waals surface area (Å²) >= 11 is 2.18. The van der Waals surface area contributed by atoms with Gasteiger partial charge in [0.05, 0.1) is 0 Å². The van der Waals surface area contributed by atoms with Crippen molar-refractivity contribution < 1.29 is 9.50 Å². The molecule has 0 aliphatic rings. The number of aliphatic hydroxyl groups is 1. The minimum Gasteiger partial charge on any atom is -0.384 e. The second kappa shape index (κ2) is 5.36. The van der Waals surface area contributed by atoms with E-state index in [2.05, 4.69) is 22.6 Å². The van der Waals surface area contributed by atoms with Crippen LogP contribution in [0.15, 0.2) is 36.4 Å². The molecule has 0 aromatic heterocycles. The number of benzene rings is 2. The van der Waals surface area contributed by atoms with Crippen LogP contribution in [0.4, 0.5) is 4.39 Å². The second-order valence-corrected chi connectivity index (χ2v) is 5.68. The summed E-state index contributed by atoms with van der Waals surface area (Å²) in [5, 5.41) is 10.3. The zero-order chi connectivity index (χ0) is 13.3. The van der Waals surface area contributed by atoms with Crippen LogP contribution < -0.4 is 0 Å². The Hall–Kier alpha value is -0.940. The van der Waals surface area contributed by atoms with E-state index in [1.54, 1.807) is 0 Å². The van der Waals surface area contributed by atoms with E-state index >= 15 is 0 Å². The highest BCUT2D eigenvalue weighted by atomic mass is 127. The average molecular weight is 356 g/mol. The molecular weight excluding hydrogens is 342 g/mol. The number of rotatable bonds is 2. The Bertz CT molecular complexity index is 557. The Morgan fingerprint density at radius 2 is 1.89 bits per heavy atom. The molecule has 1 N–H and O–H groups in total. The first-order valence-corrected chi connectivity index (χ1v) is 6.77. The van der Waals surface area contributed by atoms with Crippen LogP contribution in [-0.4, -0.2) is 5.11 Å². The van der Waals surface area contributed by atoms with Gasteiger partial charge in [0.1, 0.15) is 11.9 Å². The maximum atomic E-state index is 14.0. The van der Waals surface area contributed by atoms with Crippen LogP contribution in [0.5, 0.6) is 0 Å². The molecule has 0 amide bonds. The zero-order valence-corrected chi connectivity index (χ0v) is 12.4. The molecule has 2 rings (SSSR count). The van der Waals surface area contributed by atoms with Gasteiger partial charge in [-0.2, -0.15) is 0 Å². The summed E-state index contributed by atoms with van der Waals surface area (Å²) in [7, 11) is 0. The summed E-state index contributed by atoms with van der Waals surface area (Å²) < 4.78 is 15.0. The van der Waals surface area contributed by atoms with E-state index in [0.29, 0.717) is 11.1 Å². The Morgan fingerprint density at radius 3 is 2.50 bits per heavy atom. The number of hydrogen-bond donors (Lipinski definition) is 1. The minimum absolute atomic E-state index is 0.348. The molecule has 0 fully saturated rings. The summed E-state index contributed by atoms with van der Waals surface area (Å²) in [6, 6.07) is 10.8. The number of halogens is 2. The molecule has 2 aromatic rings. The highest BCUT2D eigenvalue weighted by Crippen LogP contribution is 2.28. The lowest BCUT2D eigenvalue weighted by molar-refractivity contribution is 0.214. The first-order chi connectivity index (χ1) is 8.49. The van der Waals surface area contributed by atoms with Crippen molar-refractivity contribution in [1.82, 2.24) is 0 Å². The van der Waals surface area contributed by atoms with E-state index in [-0.39, 0.29) is 5.82 Å². The Morgan fingerprint density at radius 1 is 1.17 bits per heavy atom. The van der Waals surface area contributed by atoms with Crippen LogP contribution in [0.1, 0.15) is 28.4 Å². The van der Waals surface area contributed by atoms with E-state index in [0.717, 1.165) is 14.7 Å². The average Bonchev–Trinajstić information content (AvgIpc) is 2.27. The predicted octanol–water partition coefficient (Wildman–Crippen LogP) is 4.13. The lowest BCUT2D eigenvalue weighted by Crippen LogP contribution is -2.06. The Labute approximate surface area is 120 Å². The van der Waals surface area contributed by atoms with Gasteiger partial charge >= 0.3 is 0 Å². The molecule has 0 aliphatic carbocycles. The van der Waals surface area contributed by atoms with Gasteiger partial charge in [-0.05, 0) is 71.3 Å². The highest BCUT2D eigenvalue weighted by Gasteiger charge is 2.18. The molecule has 0 bridgehead atoms. The van der Waals surface area contributed by atoms with Gasteiger partial charge < -0.3 is 5.11 Å². The molecular formula is C15H14FIO. The largest absolute Gasteiger partial charge is 0.384 e. The summed E-state index contributed by atoms with van der Waals surface area (Å²) in [6.45, 7) is 3.67. The maximum Gasteiger partial charge on any atom is 0.129 e. The van der Waals surface area contributed by atoms with Gasteiger partial charge in [-0.15, -0.1) is 0 Å². The first kappa shape index (κ1) is 13.5. The van der Waals surface area contributed by atoms with Gasteiger partial charge in [-0.25, -0.2) is 4.39 Å². The molecule has 3 heteroatoms. The smallest absolute Gasteiger partial charge is 0.129 e. The molecule has 0 aliphatic heterocycles. The van der Waals surface area contributed by atoms with Crippen molar-refractivity contribution in [3.8, 4) is 0 Å². The third-order valence-electron chi connectivity index (χ3n) is 2.92. The van der Waals surface area contributed by atoms with E-state index in [4.69, 9.17) is 0 Å². The predicted molar refractivity (Wildman–Crippen MR) is 79.1 cm³/mol. The molecule has 18 heavy (non-hydrogen) atoms. The van der Waals surface area contributed by atoms with Crippen LogP contribution in [0.3, 0.4) is 0 Å². The van der Waals surface area contributed by atoms with E-state index < -0.39 is 6.10 Å². The third-order valence-corrected chi connectivity index (χ3v) is 3.59. The normalized spacial score (nSPS) is 12.5. The van der Waals surface area contributed by atoms with Crippen molar-refractivity contribution in [3.63, 3.8) is 0 Å². The molecule has 0 saturated heterocycles. The monoisotopic (exact) mass is 356 g/mol. The summed E-state index contributed by atoms with van der Waals surface area (Å²) in [5.74, 6) is -0.348.